The lowest BCUT2D eigenvalue weighted by atomic mass is 10.3. The zero-order chi connectivity index (χ0) is 13.2. The average Bonchev–Trinajstić information content (AvgIpc) is 2.83. The maximum Gasteiger partial charge on any atom is 0.220 e. The number of carbonyl (C=O) groups excluding carboxylic acids is 1. The van der Waals surface area contributed by atoms with Gasteiger partial charge in [-0.25, -0.2) is 4.98 Å². The summed E-state index contributed by atoms with van der Waals surface area (Å²) >= 11 is 1.85. The maximum absolute atomic E-state index is 11.5. The van der Waals surface area contributed by atoms with E-state index in [1.165, 1.54) is 0 Å². The molecule has 1 aromatic heterocycles. The number of hydrogen-bond donors (Lipinski definition) is 1. The van der Waals surface area contributed by atoms with Gasteiger partial charge in [-0.15, -0.1) is 0 Å². The molecule has 0 aliphatic rings. The van der Waals surface area contributed by atoms with Gasteiger partial charge in [0.25, 0.3) is 0 Å². The highest BCUT2D eigenvalue weighted by Crippen LogP contribution is 2.08. The van der Waals surface area contributed by atoms with Crippen molar-refractivity contribution in [1.82, 2.24) is 14.9 Å². The molecule has 1 rings (SSSR count). The van der Waals surface area contributed by atoms with E-state index in [0.717, 1.165) is 31.0 Å². The number of aryl methyl sites for hydroxylation is 1. The molecule has 0 radical (unpaired) electrons. The summed E-state index contributed by atoms with van der Waals surface area (Å²) in [7, 11) is 0. The Bertz CT molecular complexity index is 325. The monoisotopic (exact) mass is 269 g/mol. The number of imidazole rings is 1. The molecular formula is C13H23N3OS. The number of nitrogens with zero attached hydrogens (tertiary/aromatic N) is 2. The zero-order valence-electron chi connectivity index (χ0n) is 11.3. The number of amides is 1. The van der Waals surface area contributed by atoms with Crippen molar-refractivity contribution in [2.75, 3.05) is 18.1 Å². The lowest BCUT2D eigenvalue weighted by Crippen LogP contribution is -2.25. The van der Waals surface area contributed by atoms with E-state index in [1.54, 1.807) is 12.5 Å². The number of rotatable bonds is 9. The van der Waals surface area contributed by atoms with Crippen LogP contribution in [0.2, 0.25) is 0 Å². The van der Waals surface area contributed by atoms with Gasteiger partial charge in [-0.05, 0) is 18.1 Å². The molecule has 0 atom stereocenters. The second-order valence-corrected chi connectivity index (χ2v) is 5.87. The second-order valence-electron chi connectivity index (χ2n) is 4.72. The van der Waals surface area contributed by atoms with E-state index < -0.39 is 0 Å². The highest BCUT2D eigenvalue weighted by Gasteiger charge is 2.01. The predicted octanol–water partition coefficient (Wildman–Crippen LogP) is 2.17. The van der Waals surface area contributed by atoms with Gasteiger partial charge in [-0.2, -0.15) is 11.8 Å². The molecule has 0 unspecified atom stereocenters. The highest BCUT2D eigenvalue weighted by atomic mass is 32.2. The van der Waals surface area contributed by atoms with Crippen LogP contribution in [0, 0.1) is 5.92 Å². The molecule has 102 valence electrons. The molecule has 5 heteroatoms. The molecule has 4 nitrogen and oxygen atoms in total. The van der Waals surface area contributed by atoms with Crippen LogP contribution in [0.25, 0.3) is 0 Å². The highest BCUT2D eigenvalue weighted by molar-refractivity contribution is 7.99. The van der Waals surface area contributed by atoms with Crippen LogP contribution in [0.4, 0.5) is 0 Å². The average molecular weight is 269 g/mol. The lowest BCUT2D eigenvalue weighted by Gasteiger charge is -2.06. The second kappa shape index (κ2) is 9.03. The minimum absolute atomic E-state index is 0.164. The van der Waals surface area contributed by atoms with Crippen LogP contribution in [0.15, 0.2) is 18.7 Å². The molecular weight excluding hydrogens is 246 g/mol. The molecule has 1 N–H and O–H groups in total. The molecule has 0 bridgehead atoms. The van der Waals surface area contributed by atoms with Crippen LogP contribution in [0.1, 0.15) is 26.7 Å². The molecule has 18 heavy (non-hydrogen) atoms. The summed E-state index contributed by atoms with van der Waals surface area (Å²) in [6.45, 7) is 6.04. The number of nitrogens with one attached hydrogen (secondary N) is 1. The third-order valence-electron chi connectivity index (χ3n) is 2.40. The first-order valence-corrected chi connectivity index (χ1v) is 7.64. The van der Waals surface area contributed by atoms with E-state index in [9.17, 15) is 4.79 Å². The van der Waals surface area contributed by atoms with Crippen LogP contribution >= 0.6 is 11.8 Å². The zero-order valence-corrected chi connectivity index (χ0v) is 12.1. The van der Waals surface area contributed by atoms with Crippen molar-refractivity contribution in [1.29, 1.82) is 0 Å². The molecule has 0 spiro atoms. The normalized spacial score (nSPS) is 10.8. The third-order valence-corrected chi connectivity index (χ3v) is 3.79. The van der Waals surface area contributed by atoms with Crippen molar-refractivity contribution in [3.05, 3.63) is 18.7 Å². The topological polar surface area (TPSA) is 46.9 Å². The number of thioether (sulfide) groups is 1. The van der Waals surface area contributed by atoms with E-state index in [2.05, 4.69) is 24.1 Å². The van der Waals surface area contributed by atoms with Gasteiger partial charge in [-0.3, -0.25) is 4.79 Å². The fraction of sp³-hybridized carbons (Fsp3) is 0.692. The van der Waals surface area contributed by atoms with Gasteiger partial charge in [0.2, 0.25) is 5.91 Å². The van der Waals surface area contributed by atoms with Gasteiger partial charge in [0, 0.05) is 37.7 Å². The minimum atomic E-state index is 0.164. The molecule has 0 fully saturated rings. The van der Waals surface area contributed by atoms with E-state index in [0.29, 0.717) is 12.3 Å². The summed E-state index contributed by atoms with van der Waals surface area (Å²) in [5.74, 6) is 2.92. The Labute approximate surface area is 114 Å². The molecule has 1 aromatic rings. The molecule has 1 heterocycles. The third kappa shape index (κ3) is 7.37. The van der Waals surface area contributed by atoms with Gasteiger partial charge in [0.1, 0.15) is 0 Å². The fourth-order valence-corrected chi connectivity index (χ4v) is 2.45. The SMILES string of the molecule is CC(C)CSCCC(=O)NCCCn1ccnc1. The van der Waals surface area contributed by atoms with Gasteiger partial charge < -0.3 is 9.88 Å². The van der Waals surface area contributed by atoms with Crippen molar-refractivity contribution in [2.24, 2.45) is 5.92 Å². The summed E-state index contributed by atoms with van der Waals surface area (Å²) < 4.78 is 2.02. The van der Waals surface area contributed by atoms with Crippen molar-refractivity contribution in [3.8, 4) is 0 Å². The Hall–Kier alpha value is -0.970. The van der Waals surface area contributed by atoms with E-state index in [1.807, 2.05) is 22.5 Å². The largest absolute Gasteiger partial charge is 0.356 e. The standard InChI is InChI=1S/C13H23N3OS/c1-12(2)10-18-9-4-13(17)15-5-3-7-16-8-6-14-11-16/h6,8,11-12H,3-5,7,9-10H2,1-2H3,(H,15,17). The van der Waals surface area contributed by atoms with Gasteiger partial charge in [0.15, 0.2) is 0 Å². The molecule has 0 aliphatic carbocycles. The van der Waals surface area contributed by atoms with Crippen LogP contribution in [-0.4, -0.2) is 33.5 Å². The Morgan fingerprint density at radius 3 is 3.00 bits per heavy atom. The van der Waals surface area contributed by atoms with Crippen LogP contribution < -0.4 is 5.32 Å². The van der Waals surface area contributed by atoms with E-state index in [4.69, 9.17) is 0 Å². The molecule has 0 aromatic carbocycles. The minimum Gasteiger partial charge on any atom is -0.356 e. The van der Waals surface area contributed by atoms with Crippen LogP contribution in [-0.2, 0) is 11.3 Å². The maximum atomic E-state index is 11.5. The molecule has 0 aliphatic heterocycles. The van der Waals surface area contributed by atoms with E-state index in [-0.39, 0.29) is 5.91 Å². The van der Waals surface area contributed by atoms with Gasteiger partial charge in [-0.1, -0.05) is 13.8 Å². The van der Waals surface area contributed by atoms with Crippen LogP contribution in [0.5, 0.6) is 0 Å². The number of hydrogen-bond acceptors (Lipinski definition) is 3. The Morgan fingerprint density at radius 1 is 1.50 bits per heavy atom. The first-order valence-electron chi connectivity index (χ1n) is 6.48. The van der Waals surface area contributed by atoms with Crippen molar-refractivity contribution in [3.63, 3.8) is 0 Å². The lowest BCUT2D eigenvalue weighted by molar-refractivity contribution is -0.120. The smallest absolute Gasteiger partial charge is 0.220 e. The Morgan fingerprint density at radius 2 is 2.33 bits per heavy atom. The van der Waals surface area contributed by atoms with Gasteiger partial charge in [0.05, 0.1) is 6.33 Å². The Kier molecular flexibility index (Phi) is 7.57. The summed E-state index contributed by atoms with van der Waals surface area (Å²) in [5.41, 5.74) is 0. The summed E-state index contributed by atoms with van der Waals surface area (Å²) in [4.78, 5) is 15.5. The quantitative estimate of drug-likeness (QED) is 0.699. The summed E-state index contributed by atoms with van der Waals surface area (Å²) in [6.07, 6.45) is 7.07. The summed E-state index contributed by atoms with van der Waals surface area (Å²) in [6, 6.07) is 0. The van der Waals surface area contributed by atoms with Crippen molar-refractivity contribution < 1.29 is 4.79 Å². The van der Waals surface area contributed by atoms with Crippen molar-refractivity contribution in [2.45, 2.75) is 33.2 Å². The fourth-order valence-electron chi connectivity index (χ4n) is 1.48. The van der Waals surface area contributed by atoms with Crippen LogP contribution in [0.3, 0.4) is 0 Å². The predicted molar refractivity (Wildman–Crippen MR) is 76.6 cm³/mol. The molecule has 1 amide bonds. The van der Waals surface area contributed by atoms with E-state index >= 15 is 0 Å². The van der Waals surface area contributed by atoms with Crippen molar-refractivity contribution >= 4 is 17.7 Å². The summed E-state index contributed by atoms with van der Waals surface area (Å²) in [5, 5.41) is 2.95. The number of carbonyl (C=O) groups is 1. The number of aromatic nitrogens is 2. The van der Waals surface area contributed by atoms with Gasteiger partial charge >= 0.3 is 0 Å². The molecule has 0 saturated carbocycles. The first-order chi connectivity index (χ1) is 8.68. The first kappa shape index (κ1) is 15.1. The Balaban J connectivity index is 1.93. The molecule has 0 saturated heterocycles.